The van der Waals surface area contributed by atoms with Crippen molar-refractivity contribution in [2.24, 2.45) is 0 Å². The van der Waals surface area contributed by atoms with Crippen LogP contribution >= 0.6 is 27.5 Å². The number of hydrogen-bond donors (Lipinski definition) is 1. The highest BCUT2D eigenvalue weighted by molar-refractivity contribution is 9.10. The van der Waals surface area contributed by atoms with Crippen molar-refractivity contribution in [2.45, 2.75) is 0 Å². The standard InChI is InChI=1S/C14H10BrClFNO2/c15-12-6-5-11(7-13(12)17)20-8-14(19)18-10-3-1-9(16)2-4-10/h1-7H,8H2,(H,18,19). The first-order chi connectivity index (χ1) is 9.54. The summed E-state index contributed by atoms with van der Waals surface area (Å²) >= 11 is 8.78. The van der Waals surface area contributed by atoms with Crippen molar-refractivity contribution in [2.75, 3.05) is 11.9 Å². The first-order valence-electron chi connectivity index (χ1n) is 5.68. The number of carbonyl (C=O) groups excluding carboxylic acids is 1. The molecule has 0 saturated heterocycles. The molecule has 0 saturated carbocycles. The number of nitrogens with one attached hydrogen (secondary N) is 1. The second-order valence-corrected chi connectivity index (χ2v) is 5.21. The topological polar surface area (TPSA) is 38.3 Å². The molecule has 0 heterocycles. The van der Waals surface area contributed by atoms with Crippen molar-refractivity contribution in [3.05, 3.63) is 57.8 Å². The molecular weight excluding hydrogens is 349 g/mol. The SMILES string of the molecule is O=C(COc1ccc(Br)c(F)c1)Nc1ccc(Cl)cc1. The van der Waals surface area contributed by atoms with Crippen molar-refractivity contribution in [1.82, 2.24) is 0 Å². The third kappa shape index (κ3) is 4.21. The molecule has 0 fully saturated rings. The van der Waals surface area contributed by atoms with Gasteiger partial charge in [-0.2, -0.15) is 0 Å². The molecule has 6 heteroatoms. The molecule has 2 aromatic rings. The van der Waals surface area contributed by atoms with Crippen LogP contribution in [0.3, 0.4) is 0 Å². The van der Waals surface area contributed by atoms with Gasteiger partial charge in [-0.3, -0.25) is 4.79 Å². The summed E-state index contributed by atoms with van der Waals surface area (Å²) in [7, 11) is 0. The molecule has 0 bridgehead atoms. The molecule has 2 rings (SSSR count). The summed E-state index contributed by atoms with van der Waals surface area (Å²) < 4.78 is 18.8. The molecule has 0 unspecified atom stereocenters. The average Bonchev–Trinajstić information content (AvgIpc) is 2.43. The van der Waals surface area contributed by atoms with Crippen LogP contribution in [0.4, 0.5) is 10.1 Å². The summed E-state index contributed by atoms with van der Waals surface area (Å²) in [6.07, 6.45) is 0. The van der Waals surface area contributed by atoms with Gasteiger partial charge < -0.3 is 10.1 Å². The van der Waals surface area contributed by atoms with Crippen LogP contribution in [0.1, 0.15) is 0 Å². The Hall–Kier alpha value is -1.59. The maximum absolute atomic E-state index is 13.2. The number of ether oxygens (including phenoxy) is 1. The minimum Gasteiger partial charge on any atom is -0.484 e. The molecule has 0 aliphatic rings. The van der Waals surface area contributed by atoms with Crippen molar-refractivity contribution in [1.29, 1.82) is 0 Å². The minimum absolute atomic E-state index is 0.205. The normalized spacial score (nSPS) is 10.2. The van der Waals surface area contributed by atoms with E-state index < -0.39 is 5.82 Å². The van der Waals surface area contributed by atoms with Crippen LogP contribution in [0.5, 0.6) is 5.75 Å². The summed E-state index contributed by atoms with van der Waals surface area (Å²) in [6, 6.07) is 11.0. The largest absolute Gasteiger partial charge is 0.484 e. The van der Waals surface area contributed by atoms with Crippen molar-refractivity contribution < 1.29 is 13.9 Å². The Balaban J connectivity index is 1.88. The first-order valence-corrected chi connectivity index (χ1v) is 6.85. The Kier molecular flexibility index (Phi) is 4.98. The van der Waals surface area contributed by atoms with Gasteiger partial charge in [-0.1, -0.05) is 11.6 Å². The quantitative estimate of drug-likeness (QED) is 0.887. The van der Waals surface area contributed by atoms with E-state index >= 15 is 0 Å². The van der Waals surface area contributed by atoms with Gasteiger partial charge in [0.2, 0.25) is 0 Å². The Morgan fingerprint density at radius 3 is 2.60 bits per heavy atom. The number of hydrogen-bond acceptors (Lipinski definition) is 2. The molecule has 20 heavy (non-hydrogen) atoms. The van der Waals surface area contributed by atoms with Crippen LogP contribution in [0.2, 0.25) is 5.02 Å². The molecule has 0 radical (unpaired) electrons. The highest BCUT2D eigenvalue weighted by Crippen LogP contribution is 2.21. The molecule has 104 valence electrons. The van der Waals surface area contributed by atoms with E-state index in [0.29, 0.717) is 15.2 Å². The summed E-state index contributed by atoms with van der Waals surface area (Å²) in [5, 5.41) is 3.23. The van der Waals surface area contributed by atoms with E-state index in [9.17, 15) is 9.18 Å². The molecule has 1 amide bonds. The van der Waals surface area contributed by atoms with E-state index in [1.54, 1.807) is 30.3 Å². The zero-order chi connectivity index (χ0) is 14.5. The second kappa shape index (κ2) is 6.72. The molecule has 2 aromatic carbocycles. The van der Waals surface area contributed by atoms with Gasteiger partial charge >= 0.3 is 0 Å². The smallest absolute Gasteiger partial charge is 0.262 e. The van der Waals surface area contributed by atoms with Gasteiger partial charge in [-0.15, -0.1) is 0 Å². The van der Waals surface area contributed by atoms with E-state index in [1.165, 1.54) is 12.1 Å². The molecule has 0 aromatic heterocycles. The van der Waals surface area contributed by atoms with E-state index in [-0.39, 0.29) is 18.3 Å². The van der Waals surface area contributed by atoms with Gasteiger partial charge in [0.1, 0.15) is 11.6 Å². The van der Waals surface area contributed by atoms with Crippen LogP contribution < -0.4 is 10.1 Å². The van der Waals surface area contributed by atoms with Gasteiger partial charge in [0, 0.05) is 16.8 Å². The summed E-state index contributed by atoms with van der Waals surface area (Å²) in [4.78, 5) is 11.7. The maximum atomic E-state index is 13.2. The lowest BCUT2D eigenvalue weighted by Gasteiger charge is -2.08. The first kappa shape index (κ1) is 14.8. The molecule has 1 N–H and O–H groups in total. The fourth-order valence-electron chi connectivity index (χ4n) is 1.45. The van der Waals surface area contributed by atoms with E-state index in [0.717, 1.165) is 0 Å². The van der Waals surface area contributed by atoms with Gasteiger partial charge in [-0.25, -0.2) is 4.39 Å². The number of rotatable bonds is 4. The average molecular weight is 359 g/mol. The molecule has 0 aliphatic carbocycles. The monoisotopic (exact) mass is 357 g/mol. The third-order valence-electron chi connectivity index (χ3n) is 2.39. The lowest BCUT2D eigenvalue weighted by atomic mass is 10.3. The lowest BCUT2D eigenvalue weighted by molar-refractivity contribution is -0.118. The Bertz CT molecular complexity index is 619. The zero-order valence-corrected chi connectivity index (χ0v) is 12.5. The number of carbonyl (C=O) groups is 1. The fraction of sp³-hybridized carbons (Fsp3) is 0.0714. The van der Waals surface area contributed by atoms with Gasteiger partial charge in [0.25, 0.3) is 5.91 Å². The predicted molar refractivity (Wildman–Crippen MR) is 79.7 cm³/mol. The Morgan fingerprint density at radius 1 is 1.25 bits per heavy atom. The summed E-state index contributed by atoms with van der Waals surface area (Å²) in [5.74, 6) is -0.492. The van der Waals surface area contributed by atoms with Crippen LogP contribution in [0.15, 0.2) is 46.9 Å². The van der Waals surface area contributed by atoms with Crippen molar-refractivity contribution in [3.8, 4) is 5.75 Å². The summed E-state index contributed by atoms with van der Waals surface area (Å²) in [6.45, 7) is -0.205. The third-order valence-corrected chi connectivity index (χ3v) is 3.28. The highest BCUT2D eigenvalue weighted by atomic mass is 79.9. The minimum atomic E-state index is -0.444. The highest BCUT2D eigenvalue weighted by Gasteiger charge is 2.06. The second-order valence-electron chi connectivity index (χ2n) is 3.92. The molecular formula is C14H10BrClFNO2. The number of benzene rings is 2. The van der Waals surface area contributed by atoms with E-state index in [2.05, 4.69) is 21.2 Å². The van der Waals surface area contributed by atoms with Crippen molar-refractivity contribution >= 4 is 39.1 Å². The molecule has 3 nitrogen and oxygen atoms in total. The van der Waals surface area contributed by atoms with E-state index in [4.69, 9.17) is 16.3 Å². The maximum Gasteiger partial charge on any atom is 0.262 e. The van der Waals surface area contributed by atoms with Crippen LogP contribution in [0.25, 0.3) is 0 Å². The van der Waals surface area contributed by atoms with Crippen LogP contribution in [-0.2, 0) is 4.79 Å². The van der Waals surface area contributed by atoms with Crippen LogP contribution in [-0.4, -0.2) is 12.5 Å². The summed E-state index contributed by atoms with van der Waals surface area (Å²) in [5.41, 5.74) is 0.616. The van der Waals surface area contributed by atoms with Gasteiger partial charge in [0.05, 0.1) is 4.47 Å². The number of halogens is 3. The van der Waals surface area contributed by atoms with Crippen LogP contribution in [0, 0.1) is 5.82 Å². The zero-order valence-electron chi connectivity index (χ0n) is 10.2. The number of amides is 1. The fourth-order valence-corrected chi connectivity index (χ4v) is 1.82. The Morgan fingerprint density at radius 2 is 1.95 bits per heavy atom. The van der Waals surface area contributed by atoms with E-state index in [1.807, 2.05) is 0 Å². The molecule has 0 atom stereocenters. The molecule has 0 spiro atoms. The lowest BCUT2D eigenvalue weighted by Crippen LogP contribution is -2.20. The Labute approximate surface area is 128 Å². The van der Waals surface area contributed by atoms with Crippen molar-refractivity contribution in [3.63, 3.8) is 0 Å². The number of anilines is 1. The predicted octanol–water partition coefficient (Wildman–Crippen LogP) is 4.26. The van der Waals surface area contributed by atoms with Gasteiger partial charge in [0.15, 0.2) is 6.61 Å². The molecule has 0 aliphatic heterocycles. The van der Waals surface area contributed by atoms with Gasteiger partial charge in [-0.05, 0) is 52.3 Å².